The van der Waals surface area contributed by atoms with Crippen LogP contribution in [0.25, 0.3) is 0 Å². The van der Waals surface area contributed by atoms with E-state index in [1.54, 1.807) is 0 Å². The zero-order valence-electron chi connectivity index (χ0n) is 10.8. The molecule has 0 radical (unpaired) electrons. The monoisotopic (exact) mass is 285 g/mol. The number of rotatable bonds is 6. The number of carboxylic acids is 1. The average molecular weight is 286 g/mol. The third-order valence-corrected chi connectivity index (χ3v) is 2.63. The molecule has 1 aromatic rings. The summed E-state index contributed by atoms with van der Waals surface area (Å²) in [6.45, 7) is 3.92. The molecule has 6 nitrogen and oxygen atoms in total. The minimum Gasteiger partial charge on any atom is -0.481 e. The Kier molecular flexibility index (Phi) is 5.69. The summed E-state index contributed by atoms with van der Waals surface area (Å²) >= 11 is 5.62. The Hall–Kier alpha value is -1.69. The van der Waals surface area contributed by atoms with Crippen molar-refractivity contribution in [2.24, 2.45) is 11.8 Å². The van der Waals surface area contributed by atoms with Crippen molar-refractivity contribution in [1.82, 2.24) is 15.3 Å². The molecule has 0 spiro atoms. The van der Waals surface area contributed by atoms with Gasteiger partial charge in [0.15, 0.2) is 0 Å². The summed E-state index contributed by atoms with van der Waals surface area (Å²) in [6, 6.07) is 0. The van der Waals surface area contributed by atoms with Crippen LogP contribution < -0.4 is 5.32 Å². The molecule has 0 saturated carbocycles. The second kappa shape index (κ2) is 7.04. The summed E-state index contributed by atoms with van der Waals surface area (Å²) in [7, 11) is 0. The van der Waals surface area contributed by atoms with Crippen LogP contribution in [0, 0.1) is 11.8 Å². The molecule has 0 aromatic carbocycles. The number of hydrogen-bond donors (Lipinski definition) is 2. The van der Waals surface area contributed by atoms with E-state index in [1.165, 1.54) is 12.4 Å². The van der Waals surface area contributed by atoms with Gasteiger partial charge in [-0.05, 0) is 12.3 Å². The minimum atomic E-state index is -0.925. The number of nitrogens with zero attached hydrogens (tertiary/aromatic N) is 2. The van der Waals surface area contributed by atoms with Crippen LogP contribution in [0.15, 0.2) is 12.4 Å². The fraction of sp³-hybridized carbons (Fsp3) is 0.500. The molecule has 2 N–H and O–H groups in total. The van der Waals surface area contributed by atoms with Crippen molar-refractivity contribution < 1.29 is 14.7 Å². The first-order chi connectivity index (χ1) is 8.90. The van der Waals surface area contributed by atoms with Crippen LogP contribution in [0.1, 0.15) is 30.8 Å². The second-order valence-corrected chi connectivity index (χ2v) is 4.99. The summed E-state index contributed by atoms with van der Waals surface area (Å²) in [5, 5.41) is 11.7. The van der Waals surface area contributed by atoms with Crippen LogP contribution in [0.4, 0.5) is 0 Å². The van der Waals surface area contributed by atoms with Gasteiger partial charge in [0.05, 0.1) is 18.3 Å². The standard InChI is InChI=1S/C12H16ClN3O3/c1-7(2)3-8(12(18)19)4-15-11(17)9-5-14-6-10(13)16-9/h5-8H,3-4H2,1-2H3,(H,15,17)(H,18,19). The molecule has 1 atom stereocenters. The van der Waals surface area contributed by atoms with Crippen LogP contribution >= 0.6 is 11.6 Å². The van der Waals surface area contributed by atoms with Crippen LogP contribution in [-0.2, 0) is 4.79 Å². The molecule has 0 bridgehead atoms. The van der Waals surface area contributed by atoms with Gasteiger partial charge in [0, 0.05) is 6.54 Å². The zero-order valence-corrected chi connectivity index (χ0v) is 11.5. The van der Waals surface area contributed by atoms with Gasteiger partial charge < -0.3 is 10.4 Å². The van der Waals surface area contributed by atoms with E-state index in [0.717, 1.165) is 0 Å². The van der Waals surface area contributed by atoms with Crippen LogP contribution in [-0.4, -0.2) is 33.5 Å². The first kappa shape index (κ1) is 15.4. The summed E-state index contributed by atoms with van der Waals surface area (Å²) in [4.78, 5) is 30.3. The van der Waals surface area contributed by atoms with E-state index in [2.05, 4.69) is 15.3 Å². The zero-order chi connectivity index (χ0) is 14.4. The topological polar surface area (TPSA) is 92.2 Å². The van der Waals surface area contributed by atoms with Gasteiger partial charge in [0.2, 0.25) is 0 Å². The van der Waals surface area contributed by atoms with E-state index >= 15 is 0 Å². The molecule has 104 valence electrons. The Labute approximate surface area is 116 Å². The smallest absolute Gasteiger partial charge is 0.308 e. The lowest BCUT2D eigenvalue weighted by Crippen LogP contribution is -2.34. The fourth-order valence-corrected chi connectivity index (χ4v) is 1.75. The molecule has 1 amide bonds. The number of carboxylic acid groups (broad SMARTS) is 1. The van der Waals surface area contributed by atoms with Crippen molar-refractivity contribution in [3.8, 4) is 0 Å². The van der Waals surface area contributed by atoms with E-state index in [9.17, 15) is 9.59 Å². The third-order valence-electron chi connectivity index (χ3n) is 2.45. The highest BCUT2D eigenvalue weighted by molar-refractivity contribution is 6.29. The number of hydrogen-bond acceptors (Lipinski definition) is 4. The van der Waals surface area contributed by atoms with Crippen molar-refractivity contribution in [1.29, 1.82) is 0 Å². The largest absolute Gasteiger partial charge is 0.481 e. The normalized spacial score (nSPS) is 12.2. The van der Waals surface area contributed by atoms with E-state index < -0.39 is 17.8 Å². The van der Waals surface area contributed by atoms with Gasteiger partial charge in [0.1, 0.15) is 10.8 Å². The van der Waals surface area contributed by atoms with Crippen molar-refractivity contribution in [3.05, 3.63) is 23.2 Å². The number of carbonyl (C=O) groups is 2. The molecule has 1 unspecified atom stereocenters. The predicted molar refractivity (Wildman–Crippen MR) is 70.0 cm³/mol. The maximum Gasteiger partial charge on any atom is 0.308 e. The highest BCUT2D eigenvalue weighted by Crippen LogP contribution is 2.11. The first-order valence-electron chi connectivity index (χ1n) is 5.88. The Bertz CT molecular complexity index is 465. The predicted octanol–water partition coefficient (Wildman–Crippen LogP) is 1.61. The first-order valence-corrected chi connectivity index (χ1v) is 6.26. The second-order valence-electron chi connectivity index (χ2n) is 4.60. The molecule has 7 heteroatoms. The highest BCUT2D eigenvalue weighted by Gasteiger charge is 2.20. The maximum absolute atomic E-state index is 11.7. The Morgan fingerprint density at radius 1 is 1.42 bits per heavy atom. The molecule has 0 aliphatic rings. The molecule has 1 rings (SSSR count). The van der Waals surface area contributed by atoms with Gasteiger partial charge in [-0.25, -0.2) is 4.98 Å². The number of aliphatic carboxylic acids is 1. The van der Waals surface area contributed by atoms with Gasteiger partial charge in [-0.3, -0.25) is 14.6 Å². The number of carbonyl (C=O) groups excluding carboxylic acids is 1. The fourth-order valence-electron chi connectivity index (χ4n) is 1.60. The van der Waals surface area contributed by atoms with Gasteiger partial charge >= 0.3 is 5.97 Å². The Morgan fingerprint density at radius 2 is 2.11 bits per heavy atom. The van der Waals surface area contributed by atoms with Gasteiger partial charge in [-0.15, -0.1) is 0 Å². The molecule has 1 aromatic heterocycles. The van der Waals surface area contributed by atoms with Gasteiger partial charge in [0.25, 0.3) is 5.91 Å². The number of halogens is 1. The lowest BCUT2D eigenvalue weighted by atomic mass is 9.97. The van der Waals surface area contributed by atoms with Crippen LogP contribution in [0.2, 0.25) is 5.15 Å². The molecule has 1 heterocycles. The molecule has 0 saturated heterocycles. The Morgan fingerprint density at radius 3 is 2.63 bits per heavy atom. The number of aromatic nitrogens is 2. The van der Waals surface area contributed by atoms with E-state index in [1.807, 2.05) is 13.8 Å². The van der Waals surface area contributed by atoms with Crippen molar-refractivity contribution in [3.63, 3.8) is 0 Å². The Balaban J connectivity index is 2.59. The summed E-state index contributed by atoms with van der Waals surface area (Å²) in [6.07, 6.45) is 3.09. The van der Waals surface area contributed by atoms with Crippen molar-refractivity contribution in [2.75, 3.05) is 6.54 Å². The maximum atomic E-state index is 11.7. The molecule has 0 aliphatic carbocycles. The molecular weight excluding hydrogens is 270 g/mol. The summed E-state index contributed by atoms with van der Waals surface area (Å²) < 4.78 is 0. The van der Waals surface area contributed by atoms with Gasteiger partial charge in [-0.1, -0.05) is 25.4 Å². The average Bonchev–Trinajstić information content (AvgIpc) is 2.33. The van der Waals surface area contributed by atoms with Crippen LogP contribution in [0.3, 0.4) is 0 Å². The molecule has 19 heavy (non-hydrogen) atoms. The molecule has 0 fully saturated rings. The number of nitrogens with one attached hydrogen (secondary N) is 1. The third kappa shape index (κ3) is 5.21. The number of amides is 1. The van der Waals surface area contributed by atoms with E-state index in [0.29, 0.717) is 6.42 Å². The van der Waals surface area contributed by atoms with Crippen LogP contribution in [0.5, 0.6) is 0 Å². The lowest BCUT2D eigenvalue weighted by molar-refractivity contribution is -0.142. The quantitative estimate of drug-likeness (QED) is 0.828. The van der Waals surface area contributed by atoms with Crippen molar-refractivity contribution in [2.45, 2.75) is 20.3 Å². The van der Waals surface area contributed by atoms with Crippen molar-refractivity contribution >= 4 is 23.5 Å². The van der Waals surface area contributed by atoms with Gasteiger partial charge in [-0.2, -0.15) is 0 Å². The summed E-state index contributed by atoms with van der Waals surface area (Å²) in [5.74, 6) is -1.78. The summed E-state index contributed by atoms with van der Waals surface area (Å²) in [5.41, 5.74) is 0.0705. The van der Waals surface area contributed by atoms with E-state index in [4.69, 9.17) is 16.7 Å². The molecule has 0 aliphatic heterocycles. The molecular formula is C12H16ClN3O3. The highest BCUT2D eigenvalue weighted by atomic mass is 35.5. The minimum absolute atomic E-state index is 0.0561. The van der Waals surface area contributed by atoms with E-state index in [-0.39, 0.29) is 23.3 Å². The lowest BCUT2D eigenvalue weighted by Gasteiger charge is -2.15. The SMILES string of the molecule is CC(C)CC(CNC(=O)c1cncc(Cl)n1)C(=O)O.